The normalized spacial score (nSPS) is 19.5. The van der Waals surface area contributed by atoms with Gasteiger partial charge in [0.25, 0.3) is 5.91 Å². The molecule has 2 aromatic rings. The molecule has 0 aliphatic carbocycles. The van der Waals surface area contributed by atoms with Crippen LogP contribution in [0.1, 0.15) is 28.3 Å². The van der Waals surface area contributed by atoms with E-state index in [2.05, 4.69) is 12.1 Å². The van der Waals surface area contributed by atoms with Gasteiger partial charge in [0.1, 0.15) is 5.75 Å². The van der Waals surface area contributed by atoms with E-state index in [1.54, 1.807) is 7.11 Å². The first-order chi connectivity index (χ1) is 12.7. The van der Waals surface area contributed by atoms with Gasteiger partial charge >= 0.3 is 0 Å². The molecular weight excluding hydrogens is 328 g/mol. The van der Waals surface area contributed by atoms with Crippen molar-refractivity contribution in [2.45, 2.75) is 18.4 Å². The highest BCUT2D eigenvalue weighted by Crippen LogP contribution is 2.27. The summed E-state index contributed by atoms with van der Waals surface area (Å²) < 4.78 is 10.6. The number of methoxy groups -OCH3 is 1. The summed E-state index contributed by atoms with van der Waals surface area (Å²) in [5.74, 6) is 0.964. The Morgan fingerprint density at radius 3 is 2.50 bits per heavy atom. The third kappa shape index (κ3) is 4.42. The van der Waals surface area contributed by atoms with Crippen LogP contribution in [0.5, 0.6) is 5.75 Å². The van der Waals surface area contributed by atoms with E-state index in [1.807, 2.05) is 47.4 Å². The number of amides is 1. The van der Waals surface area contributed by atoms with Crippen LogP contribution in [-0.4, -0.2) is 50.3 Å². The zero-order valence-electron chi connectivity index (χ0n) is 15.1. The molecular formula is C21H26N2O3. The number of hydrogen-bond acceptors (Lipinski definition) is 4. The predicted molar refractivity (Wildman–Crippen MR) is 101 cm³/mol. The Bertz CT molecular complexity index is 703. The molecule has 1 amide bonds. The molecule has 5 nitrogen and oxygen atoms in total. The lowest BCUT2D eigenvalue weighted by Crippen LogP contribution is -2.32. The molecule has 1 saturated heterocycles. The van der Waals surface area contributed by atoms with Crippen molar-refractivity contribution < 1.29 is 14.3 Å². The molecule has 2 atom stereocenters. The number of ether oxygens (including phenoxy) is 2. The van der Waals surface area contributed by atoms with Crippen molar-refractivity contribution in [3.63, 3.8) is 0 Å². The quantitative estimate of drug-likeness (QED) is 0.777. The fourth-order valence-electron chi connectivity index (χ4n) is 3.32. The monoisotopic (exact) mass is 354 g/mol. The Labute approximate surface area is 154 Å². The molecule has 2 aromatic carbocycles. The second-order valence-electron chi connectivity index (χ2n) is 6.61. The minimum atomic E-state index is -0.0373. The van der Waals surface area contributed by atoms with E-state index in [1.165, 1.54) is 5.56 Å². The number of nitrogens with zero attached hydrogens (tertiary/aromatic N) is 1. The van der Waals surface area contributed by atoms with Crippen molar-refractivity contribution in [1.82, 2.24) is 4.90 Å². The number of hydrogen-bond donors (Lipinski definition) is 1. The maximum absolute atomic E-state index is 12.8. The van der Waals surface area contributed by atoms with Crippen LogP contribution in [0.3, 0.4) is 0 Å². The smallest absolute Gasteiger partial charge is 0.253 e. The fourth-order valence-corrected chi connectivity index (χ4v) is 3.32. The second kappa shape index (κ2) is 8.83. The molecule has 0 bridgehead atoms. The Balaban J connectivity index is 1.59. The number of benzene rings is 2. The molecule has 1 aliphatic heterocycles. The van der Waals surface area contributed by atoms with Gasteiger partial charge in [0.15, 0.2) is 0 Å². The zero-order valence-corrected chi connectivity index (χ0v) is 15.1. The first-order valence-corrected chi connectivity index (χ1v) is 9.00. The molecule has 3 rings (SSSR count). The fraction of sp³-hybridized carbons (Fsp3) is 0.381. The molecule has 0 radical (unpaired) electrons. The first kappa shape index (κ1) is 18.4. The summed E-state index contributed by atoms with van der Waals surface area (Å²) in [6, 6.07) is 17.4. The second-order valence-corrected chi connectivity index (χ2v) is 6.61. The van der Waals surface area contributed by atoms with E-state index >= 15 is 0 Å². The lowest BCUT2D eigenvalue weighted by Gasteiger charge is -2.17. The molecule has 5 heteroatoms. The number of rotatable bonds is 7. The number of carbonyl (C=O) groups is 1. The summed E-state index contributed by atoms with van der Waals surface area (Å²) in [5, 5.41) is 0. The van der Waals surface area contributed by atoms with Gasteiger partial charge in [0, 0.05) is 50.8 Å². The van der Waals surface area contributed by atoms with Gasteiger partial charge in [0.2, 0.25) is 0 Å². The van der Waals surface area contributed by atoms with Gasteiger partial charge in [-0.3, -0.25) is 4.79 Å². The maximum atomic E-state index is 12.8. The summed E-state index contributed by atoms with van der Waals surface area (Å²) in [6.07, 6.45) is 0.837. The summed E-state index contributed by atoms with van der Waals surface area (Å²) in [7, 11) is 1.67. The predicted octanol–water partition coefficient (Wildman–Crippen LogP) is 2.67. The summed E-state index contributed by atoms with van der Waals surface area (Å²) in [6.45, 7) is 2.50. The van der Waals surface area contributed by atoms with Crippen molar-refractivity contribution in [2.75, 3.05) is 33.4 Å². The largest absolute Gasteiger partial charge is 0.494 e. The summed E-state index contributed by atoms with van der Waals surface area (Å²) in [5.41, 5.74) is 8.15. The molecule has 2 N–H and O–H groups in total. The highest BCUT2D eigenvalue weighted by Gasteiger charge is 2.34. The van der Waals surface area contributed by atoms with E-state index in [4.69, 9.17) is 15.2 Å². The van der Waals surface area contributed by atoms with Crippen LogP contribution in [0.4, 0.5) is 0 Å². The van der Waals surface area contributed by atoms with Crippen LogP contribution in [0, 0.1) is 0 Å². The molecule has 1 heterocycles. The number of nitrogens with two attached hydrogens (primary N) is 1. The molecule has 26 heavy (non-hydrogen) atoms. The van der Waals surface area contributed by atoms with Crippen molar-refractivity contribution in [2.24, 2.45) is 5.73 Å². The lowest BCUT2D eigenvalue weighted by atomic mass is 9.95. The molecule has 0 unspecified atom stereocenters. The molecule has 1 aliphatic rings. The minimum Gasteiger partial charge on any atom is -0.494 e. The highest BCUT2D eigenvalue weighted by atomic mass is 16.5. The average Bonchev–Trinajstić information content (AvgIpc) is 3.07. The zero-order chi connectivity index (χ0) is 18.4. The van der Waals surface area contributed by atoms with E-state index in [0.717, 1.165) is 12.2 Å². The van der Waals surface area contributed by atoms with E-state index in [0.29, 0.717) is 31.9 Å². The van der Waals surface area contributed by atoms with Gasteiger partial charge in [0.05, 0.1) is 6.61 Å². The van der Waals surface area contributed by atoms with Gasteiger partial charge < -0.3 is 20.1 Å². The average molecular weight is 354 g/mol. The van der Waals surface area contributed by atoms with E-state index < -0.39 is 0 Å². The Hall–Kier alpha value is -2.37. The number of likely N-dealkylation sites (tertiary alicyclic amines) is 1. The van der Waals surface area contributed by atoms with Gasteiger partial charge in [-0.1, -0.05) is 30.3 Å². The lowest BCUT2D eigenvalue weighted by molar-refractivity contribution is 0.0789. The molecule has 0 saturated carbocycles. The van der Waals surface area contributed by atoms with Gasteiger partial charge in [-0.25, -0.2) is 0 Å². The van der Waals surface area contributed by atoms with Crippen LogP contribution in [0.2, 0.25) is 0 Å². The van der Waals surface area contributed by atoms with Crippen molar-refractivity contribution >= 4 is 5.91 Å². The molecule has 1 fully saturated rings. The third-order valence-corrected chi connectivity index (χ3v) is 4.74. The highest BCUT2D eigenvalue weighted by molar-refractivity contribution is 5.94. The molecule has 0 spiro atoms. The van der Waals surface area contributed by atoms with Crippen molar-refractivity contribution in [3.8, 4) is 5.75 Å². The SMILES string of the molecule is COCCCOc1ccc(C(=O)N2C[C@@H](N)[C@H](c3ccccc3)C2)cc1. The van der Waals surface area contributed by atoms with Gasteiger partial charge in [-0.05, 0) is 29.8 Å². The maximum Gasteiger partial charge on any atom is 0.253 e. The molecule has 138 valence electrons. The summed E-state index contributed by atoms with van der Waals surface area (Å²) in [4.78, 5) is 14.6. The van der Waals surface area contributed by atoms with Crippen molar-refractivity contribution in [1.29, 1.82) is 0 Å². The molecule has 0 aromatic heterocycles. The first-order valence-electron chi connectivity index (χ1n) is 9.00. The van der Waals surface area contributed by atoms with Crippen LogP contribution in [0.15, 0.2) is 54.6 Å². The van der Waals surface area contributed by atoms with Crippen LogP contribution in [0.25, 0.3) is 0 Å². The summed E-state index contributed by atoms with van der Waals surface area (Å²) >= 11 is 0. The third-order valence-electron chi connectivity index (χ3n) is 4.74. The topological polar surface area (TPSA) is 64.8 Å². The number of carbonyl (C=O) groups excluding carboxylic acids is 1. The van der Waals surface area contributed by atoms with E-state index in [9.17, 15) is 4.79 Å². The Kier molecular flexibility index (Phi) is 6.26. The van der Waals surface area contributed by atoms with Crippen LogP contribution >= 0.6 is 0 Å². The van der Waals surface area contributed by atoms with Gasteiger partial charge in [-0.15, -0.1) is 0 Å². The van der Waals surface area contributed by atoms with Crippen molar-refractivity contribution in [3.05, 3.63) is 65.7 Å². The van der Waals surface area contributed by atoms with Crippen LogP contribution < -0.4 is 10.5 Å². The minimum absolute atomic E-state index is 0.0183. The Morgan fingerprint density at radius 1 is 1.08 bits per heavy atom. The van der Waals surface area contributed by atoms with Crippen LogP contribution in [-0.2, 0) is 4.74 Å². The Morgan fingerprint density at radius 2 is 1.81 bits per heavy atom. The standard InChI is InChI=1S/C21H26N2O3/c1-25-12-5-13-26-18-10-8-17(9-11-18)21(24)23-14-19(20(22)15-23)16-6-3-2-4-7-16/h2-4,6-11,19-20H,5,12-15,22H2,1H3/t19-,20+/m0/s1. The van der Waals surface area contributed by atoms with Gasteiger partial charge in [-0.2, -0.15) is 0 Å². The van der Waals surface area contributed by atoms with E-state index in [-0.39, 0.29) is 17.9 Å².